The molecule has 2 aromatic rings. The molecule has 0 aliphatic rings. The molecule has 0 radical (unpaired) electrons. The van der Waals surface area contributed by atoms with Crippen LogP contribution in [0.3, 0.4) is 0 Å². The molecule has 0 saturated carbocycles. The van der Waals surface area contributed by atoms with Crippen molar-refractivity contribution < 1.29 is 13.5 Å². The van der Waals surface area contributed by atoms with Crippen LogP contribution in [0, 0.1) is 20.8 Å². The minimum absolute atomic E-state index is 0.0377. The van der Waals surface area contributed by atoms with Crippen molar-refractivity contribution in [1.29, 1.82) is 0 Å². The smallest absolute Gasteiger partial charge is 0.262 e. The zero-order chi connectivity index (χ0) is 15.8. The Labute approximate surface area is 124 Å². The van der Waals surface area contributed by atoms with Crippen LogP contribution in [-0.4, -0.2) is 13.5 Å². The van der Waals surface area contributed by atoms with E-state index in [0.717, 1.165) is 5.56 Å². The molecule has 0 atom stereocenters. The molecule has 112 valence electrons. The lowest BCUT2D eigenvalue weighted by atomic mass is 10.1. The molecular formula is C15H18N2O3S. The van der Waals surface area contributed by atoms with Gasteiger partial charge in [0.2, 0.25) is 0 Å². The fourth-order valence-electron chi connectivity index (χ4n) is 2.01. The molecule has 0 aliphatic carbocycles. The molecule has 0 unspecified atom stereocenters. The van der Waals surface area contributed by atoms with Gasteiger partial charge in [0, 0.05) is 11.8 Å². The molecule has 0 aromatic heterocycles. The highest BCUT2D eigenvalue weighted by atomic mass is 32.2. The predicted octanol–water partition coefficient (Wildman–Crippen LogP) is 2.70. The molecule has 5 nitrogen and oxygen atoms in total. The number of aryl methyl sites for hydroxylation is 2. The van der Waals surface area contributed by atoms with Crippen LogP contribution in [0.15, 0.2) is 35.2 Å². The largest absolute Gasteiger partial charge is 0.508 e. The standard InChI is InChI=1S/C15H18N2O3S/c1-9-6-13(16)11(3)15(7-9)21(19,20)17-12-5-4-10(2)14(18)8-12/h4-8,17-18H,16H2,1-3H3. The number of nitrogen functional groups attached to an aromatic ring is 1. The van der Waals surface area contributed by atoms with Crippen LogP contribution in [-0.2, 0) is 10.0 Å². The van der Waals surface area contributed by atoms with E-state index in [1.165, 1.54) is 6.07 Å². The molecule has 0 amide bonds. The number of phenolic OH excluding ortho intramolecular Hbond substituents is 1. The highest BCUT2D eigenvalue weighted by Gasteiger charge is 2.19. The average Bonchev–Trinajstić information content (AvgIpc) is 2.37. The van der Waals surface area contributed by atoms with Crippen LogP contribution in [0.5, 0.6) is 5.75 Å². The Morgan fingerprint density at radius 3 is 2.38 bits per heavy atom. The molecule has 0 heterocycles. The van der Waals surface area contributed by atoms with Gasteiger partial charge in [-0.25, -0.2) is 8.42 Å². The minimum atomic E-state index is -3.76. The van der Waals surface area contributed by atoms with Crippen LogP contribution < -0.4 is 10.5 Å². The summed E-state index contributed by atoms with van der Waals surface area (Å²) in [7, 11) is -3.76. The maximum Gasteiger partial charge on any atom is 0.262 e. The molecule has 6 heteroatoms. The summed E-state index contributed by atoms with van der Waals surface area (Å²) in [6, 6.07) is 7.92. The van der Waals surface area contributed by atoms with E-state index in [1.807, 2.05) is 0 Å². The Morgan fingerprint density at radius 1 is 1.10 bits per heavy atom. The first-order valence-electron chi connectivity index (χ1n) is 6.40. The molecule has 0 fully saturated rings. The predicted molar refractivity (Wildman–Crippen MR) is 84.0 cm³/mol. The van der Waals surface area contributed by atoms with Gasteiger partial charge in [-0.2, -0.15) is 0 Å². The lowest BCUT2D eigenvalue weighted by Crippen LogP contribution is -2.15. The highest BCUT2D eigenvalue weighted by molar-refractivity contribution is 7.92. The molecule has 4 N–H and O–H groups in total. The first-order valence-corrected chi connectivity index (χ1v) is 7.88. The molecule has 0 saturated heterocycles. The molecule has 0 aliphatic heterocycles. The number of rotatable bonds is 3. The lowest BCUT2D eigenvalue weighted by molar-refractivity contribution is 0.471. The summed E-state index contributed by atoms with van der Waals surface area (Å²) in [5.41, 5.74) is 8.51. The molecule has 0 bridgehead atoms. The Morgan fingerprint density at radius 2 is 1.76 bits per heavy atom. The number of nitrogens with two attached hydrogens (primary N) is 1. The Bertz CT molecular complexity index is 799. The van der Waals surface area contributed by atoms with Crippen molar-refractivity contribution in [3.8, 4) is 5.75 Å². The van der Waals surface area contributed by atoms with Crippen molar-refractivity contribution in [2.75, 3.05) is 10.5 Å². The summed E-state index contributed by atoms with van der Waals surface area (Å²) in [4.78, 5) is 0.139. The molecule has 2 aromatic carbocycles. The van der Waals surface area contributed by atoms with Gasteiger partial charge in [-0.05, 0) is 55.7 Å². The van der Waals surface area contributed by atoms with Gasteiger partial charge in [-0.1, -0.05) is 6.07 Å². The third-order valence-corrected chi connectivity index (χ3v) is 4.80. The average molecular weight is 306 g/mol. The maximum absolute atomic E-state index is 12.5. The van der Waals surface area contributed by atoms with Crippen LogP contribution in [0.25, 0.3) is 0 Å². The first-order chi connectivity index (χ1) is 9.70. The minimum Gasteiger partial charge on any atom is -0.508 e. The second-order valence-electron chi connectivity index (χ2n) is 5.08. The van der Waals surface area contributed by atoms with Crippen molar-refractivity contribution >= 4 is 21.4 Å². The SMILES string of the molecule is Cc1cc(N)c(C)c(S(=O)(=O)Nc2ccc(C)c(O)c2)c1. The third kappa shape index (κ3) is 3.11. The van der Waals surface area contributed by atoms with E-state index in [-0.39, 0.29) is 10.6 Å². The van der Waals surface area contributed by atoms with E-state index in [4.69, 9.17) is 5.73 Å². The van der Waals surface area contributed by atoms with Gasteiger partial charge in [0.1, 0.15) is 5.75 Å². The second kappa shape index (κ2) is 5.29. The Kier molecular flexibility index (Phi) is 3.82. The molecular weight excluding hydrogens is 288 g/mol. The maximum atomic E-state index is 12.5. The summed E-state index contributed by atoms with van der Waals surface area (Å²) in [6.45, 7) is 5.18. The third-order valence-electron chi connectivity index (χ3n) is 3.30. The normalized spacial score (nSPS) is 11.4. The van der Waals surface area contributed by atoms with Gasteiger partial charge in [0.25, 0.3) is 10.0 Å². The van der Waals surface area contributed by atoms with E-state index >= 15 is 0 Å². The van der Waals surface area contributed by atoms with Gasteiger partial charge < -0.3 is 10.8 Å². The van der Waals surface area contributed by atoms with Crippen molar-refractivity contribution in [3.05, 3.63) is 47.0 Å². The lowest BCUT2D eigenvalue weighted by Gasteiger charge is -2.13. The Balaban J connectivity index is 2.45. The summed E-state index contributed by atoms with van der Waals surface area (Å²) in [5.74, 6) is 0.0377. The van der Waals surface area contributed by atoms with E-state index in [1.54, 1.807) is 45.0 Å². The second-order valence-corrected chi connectivity index (χ2v) is 6.73. The molecule has 21 heavy (non-hydrogen) atoms. The highest BCUT2D eigenvalue weighted by Crippen LogP contribution is 2.27. The number of nitrogens with one attached hydrogen (secondary N) is 1. The van der Waals surface area contributed by atoms with E-state index in [9.17, 15) is 13.5 Å². The fraction of sp³-hybridized carbons (Fsp3) is 0.200. The van der Waals surface area contributed by atoms with Crippen LogP contribution in [0.2, 0.25) is 0 Å². The van der Waals surface area contributed by atoms with Crippen LogP contribution >= 0.6 is 0 Å². The van der Waals surface area contributed by atoms with Crippen molar-refractivity contribution in [1.82, 2.24) is 0 Å². The van der Waals surface area contributed by atoms with Crippen molar-refractivity contribution in [3.63, 3.8) is 0 Å². The fourth-order valence-corrected chi connectivity index (χ4v) is 3.42. The number of aromatic hydroxyl groups is 1. The van der Waals surface area contributed by atoms with Gasteiger partial charge in [-0.15, -0.1) is 0 Å². The Hall–Kier alpha value is -2.21. The van der Waals surface area contributed by atoms with E-state index in [0.29, 0.717) is 22.5 Å². The van der Waals surface area contributed by atoms with E-state index in [2.05, 4.69) is 4.72 Å². The molecule has 2 rings (SSSR count). The van der Waals surface area contributed by atoms with Gasteiger partial charge in [-0.3, -0.25) is 4.72 Å². The van der Waals surface area contributed by atoms with Gasteiger partial charge in [0.15, 0.2) is 0 Å². The van der Waals surface area contributed by atoms with E-state index < -0.39 is 10.0 Å². The summed E-state index contributed by atoms with van der Waals surface area (Å²) in [5, 5.41) is 9.66. The summed E-state index contributed by atoms with van der Waals surface area (Å²) < 4.78 is 27.4. The quantitative estimate of drug-likeness (QED) is 0.760. The topological polar surface area (TPSA) is 92.4 Å². The van der Waals surface area contributed by atoms with Gasteiger partial charge in [0.05, 0.1) is 10.6 Å². The molecule has 0 spiro atoms. The first kappa shape index (κ1) is 15.2. The number of phenols is 1. The monoisotopic (exact) mass is 306 g/mol. The van der Waals surface area contributed by atoms with Crippen molar-refractivity contribution in [2.45, 2.75) is 25.7 Å². The van der Waals surface area contributed by atoms with Crippen LogP contribution in [0.4, 0.5) is 11.4 Å². The van der Waals surface area contributed by atoms with Crippen LogP contribution in [0.1, 0.15) is 16.7 Å². The van der Waals surface area contributed by atoms with Crippen molar-refractivity contribution in [2.24, 2.45) is 0 Å². The number of hydrogen-bond acceptors (Lipinski definition) is 4. The zero-order valence-electron chi connectivity index (χ0n) is 12.1. The number of sulfonamides is 1. The number of hydrogen-bond donors (Lipinski definition) is 3. The van der Waals surface area contributed by atoms with Gasteiger partial charge >= 0.3 is 0 Å². The summed E-state index contributed by atoms with van der Waals surface area (Å²) in [6.07, 6.45) is 0. The number of anilines is 2. The number of benzene rings is 2. The zero-order valence-corrected chi connectivity index (χ0v) is 13.0. The summed E-state index contributed by atoms with van der Waals surface area (Å²) >= 11 is 0.